The van der Waals surface area contributed by atoms with Gasteiger partial charge in [0.05, 0.1) is 17.0 Å². The van der Waals surface area contributed by atoms with E-state index in [1.54, 1.807) is 18.4 Å². The van der Waals surface area contributed by atoms with Gasteiger partial charge in [0.1, 0.15) is 11.4 Å². The van der Waals surface area contributed by atoms with Gasteiger partial charge in [0.15, 0.2) is 0 Å². The number of nitrogens with zero attached hydrogens (tertiary/aromatic N) is 3. The Bertz CT molecular complexity index is 1580. The Kier molecular flexibility index (Phi) is 10.3. The zero-order valence-electron chi connectivity index (χ0n) is 28.1. The summed E-state index contributed by atoms with van der Waals surface area (Å²) in [5.41, 5.74) is 3.15. The summed E-state index contributed by atoms with van der Waals surface area (Å²) in [6, 6.07) is 15.1. The highest BCUT2D eigenvalue weighted by Crippen LogP contribution is 2.53. The fraction of sp³-hybridized carbons (Fsp3) is 0.538. The summed E-state index contributed by atoms with van der Waals surface area (Å²) in [6.07, 6.45) is 13.2. The number of aromatic nitrogens is 1. The van der Waals surface area contributed by atoms with Crippen molar-refractivity contribution in [2.75, 3.05) is 18.6 Å². The monoisotopic (exact) mass is 655 g/mol. The van der Waals surface area contributed by atoms with Crippen LogP contribution in [0.1, 0.15) is 106 Å². The highest BCUT2D eigenvalue weighted by atomic mass is 32.1. The Balaban J connectivity index is 1.16. The second-order valence-corrected chi connectivity index (χ2v) is 15.4. The SMILES string of the molecule is C=NC(=O)C(C)(O)CC1CC1c1ncc(-c2cccc(N(CC3CCC(c4ccc(OC)c(C)c4)CC3)C(=O)C3CCCCC3)c2)s1. The highest BCUT2D eigenvalue weighted by molar-refractivity contribution is 7.15. The number of hydrogen-bond acceptors (Lipinski definition) is 6. The van der Waals surface area contributed by atoms with Crippen molar-refractivity contribution in [2.45, 2.75) is 102 Å². The fourth-order valence-electron chi connectivity index (χ4n) is 7.95. The van der Waals surface area contributed by atoms with Crippen molar-refractivity contribution in [1.82, 2.24) is 4.98 Å². The topological polar surface area (TPSA) is 92.1 Å². The standard InChI is InChI=1S/C39H49N3O4S/c1-25-19-29(17-18-34(25)46-4)27-15-13-26(14-16-27)24-42(37(43)28-9-6-5-7-10-28)32-12-8-11-30(20-32)35-23-41-36(47-35)33-21-31(33)22-39(2,45)38(44)40-3/h8,11-12,17-20,23,26-28,31,33,45H,3,5-7,9-10,13-16,21-22,24H2,1-2,4H3. The molecule has 47 heavy (non-hydrogen) atoms. The van der Waals surface area contributed by atoms with Crippen molar-refractivity contribution >= 4 is 35.6 Å². The Morgan fingerprint density at radius 1 is 1.09 bits per heavy atom. The molecule has 2 amide bonds. The van der Waals surface area contributed by atoms with Gasteiger partial charge in [-0.25, -0.2) is 9.98 Å². The van der Waals surface area contributed by atoms with Gasteiger partial charge >= 0.3 is 0 Å². The van der Waals surface area contributed by atoms with Crippen molar-refractivity contribution in [3.05, 3.63) is 64.8 Å². The molecule has 3 atom stereocenters. The lowest BCUT2D eigenvalue weighted by Gasteiger charge is -2.35. The van der Waals surface area contributed by atoms with Crippen LogP contribution in [0.2, 0.25) is 0 Å². The Morgan fingerprint density at radius 3 is 2.55 bits per heavy atom. The second kappa shape index (κ2) is 14.4. The van der Waals surface area contributed by atoms with Crippen LogP contribution in [0, 0.1) is 24.7 Å². The lowest BCUT2D eigenvalue weighted by atomic mass is 9.78. The number of benzene rings is 2. The molecule has 3 fully saturated rings. The van der Waals surface area contributed by atoms with Gasteiger partial charge in [-0.2, -0.15) is 0 Å². The molecule has 1 aromatic heterocycles. The Labute approximate surface area is 283 Å². The van der Waals surface area contributed by atoms with Crippen LogP contribution < -0.4 is 9.64 Å². The van der Waals surface area contributed by atoms with Gasteiger partial charge in [-0.15, -0.1) is 11.3 Å². The molecule has 3 unspecified atom stereocenters. The zero-order chi connectivity index (χ0) is 33.1. The van der Waals surface area contributed by atoms with Crippen LogP contribution in [0.3, 0.4) is 0 Å². The van der Waals surface area contributed by atoms with Gasteiger partial charge in [-0.1, -0.05) is 43.5 Å². The van der Waals surface area contributed by atoms with E-state index in [1.807, 2.05) is 6.20 Å². The normalized spacial score (nSPS) is 24.3. The van der Waals surface area contributed by atoms with Gasteiger partial charge in [-0.3, -0.25) is 9.59 Å². The average molecular weight is 656 g/mol. The molecule has 0 spiro atoms. The quantitative estimate of drug-likeness (QED) is 0.209. The molecule has 250 valence electrons. The fourth-order valence-corrected chi connectivity index (χ4v) is 9.07. The molecule has 8 heteroatoms. The molecule has 1 N–H and O–H groups in total. The third kappa shape index (κ3) is 7.70. The minimum atomic E-state index is -1.49. The van der Waals surface area contributed by atoms with E-state index < -0.39 is 11.5 Å². The Morgan fingerprint density at radius 2 is 1.85 bits per heavy atom. The van der Waals surface area contributed by atoms with Crippen LogP contribution in [0.5, 0.6) is 5.75 Å². The van der Waals surface area contributed by atoms with Crippen molar-refractivity contribution in [3.8, 4) is 16.2 Å². The van der Waals surface area contributed by atoms with Crippen LogP contribution in [0.25, 0.3) is 10.4 Å². The van der Waals surface area contributed by atoms with Crippen LogP contribution in [-0.4, -0.2) is 47.9 Å². The molecule has 3 saturated carbocycles. The van der Waals surface area contributed by atoms with Gasteiger partial charge in [0.2, 0.25) is 5.91 Å². The van der Waals surface area contributed by atoms with E-state index in [4.69, 9.17) is 9.72 Å². The number of carbonyl (C=O) groups excluding carboxylic acids is 2. The van der Waals surface area contributed by atoms with Gasteiger partial charge in [0.25, 0.3) is 5.91 Å². The summed E-state index contributed by atoms with van der Waals surface area (Å²) >= 11 is 1.67. The molecule has 3 aromatic rings. The number of aryl methyl sites for hydroxylation is 1. The molecular weight excluding hydrogens is 607 g/mol. The number of amides is 2. The summed E-state index contributed by atoms with van der Waals surface area (Å²) in [7, 11) is 1.73. The maximum absolute atomic E-state index is 14.2. The summed E-state index contributed by atoms with van der Waals surface area (Å²) in [6.45, 7) is 7.68. The number of rotatable bonds is 11. The predicted octanol–water partition coefficient (Wildman–Crippen LogP) is 8.49. The molecule has 1 heterocycles. The highest BCUT2D eigenvalue weighted by Gasteiger charge is 2.46. The maximum Gasteiger partial charge on any atom is 0.276 e. The number of ether oxygens (including phenoxy) is 1. The summed E-state index contributed by atoms with van der Waals surface area (Å²) in [5.74, 6) is 2.23. The molecular formula is C39H49N3O4S. The van der Waals surface area contributed by atoms with Gasteiger partial charge in [-0.05, 0) is 125 Å². The summed E-state index contributed by atoms with van der Waals surface area (Å²) in [4.78, 5) is 37.5. The van der Waals surface area contributed by atoms with Crippen LogP contribution in [0.15, 0.2) is 53.7 Å². The Hall–Kier alpha value is -3.36. The molecule has 7 nitrogen and oxygen atoms in total. The van der Waals surface area contributed by atoms with Crippen LogP contribution in [-0.2, 0) is 9.59 Å². The van der Waals surface area contributed by atoms with E-state index in [9.17, 15) is 14.7 Å². The van der Waals surface area contributed by atoms with Crippen molar-refractivity contribution < 1.29 is 19.4 Å². The van der Waals surface area contributed by atoms with E-state index in [-0.39, 0.29) is 23.7 Å². The molecule has 2 aromatic carbocycles. The number of aliphatic imine (C=N–C) groups is 1. The van der Waals surface area contributed by atoms with Gasteiger partial charge in [0, 0.05) is 30.3 Å². The van der Waals surface area contributed by atoms with Crippen molar-refractivity contribution in [2.24, 2.45) is 22.7 Å². The smallest absolute Gasteiger partial charge is 0.276 e. The maximum atomic E-state index is 14.2. The zero-order valence-corrected chi connectivity index (χ0v) is 28.9. The molecule has 0 aliphatic heterocycles. The number of methoxy groups -OCH3 is 1. The average Bonchev–Trinajstić information content (AvgIpc) is 3.66. The lowest BCUT2D eigenvalue weighted by Crippen LogP contribution is -2.41. The molecule has 0 saturated heterocycles. The number of carbonyl (C=O) groups is 2. The molecule has 3 aliphatic carbocycles. The first-order chi connectivity index (χ1) is 22.7. The number of anilines is 1. The summed E-state index contributed by atoms with van der Waals surface area (Å²) < 4.78 is 5.48. The third-order valence-electron chi connectivity index (χ3n) is 10.9. The van der Waals surface area contributed by atoms with E-state index >= 15 is 0 Å². The first kappa shape index (κ1) is 33.5. The minimum absolute atomic E-state index is 0.105. The van der Waals surface area contributed by atoms with Crippen LogP contribution in [0.4, 0.5) is 5.69 Å². The lowest BCUT2D eigenvalue weighted by molar-refractivity contribution is -0.135. The third-order valence-corrected chi connectivity index (χ3v) is 12.0. The largest absolute Gasteiger partial charge is 0.496 e. The first-order valence-corrected chi connectivity index (χ1v) is 18.2. The minimum Gasteiger partial charge on any atom is -0.496 e. The van der Waals surface area contributed by atoms with Crippen molar-refractivity contribution in [3.63, 3.8) is 0 Å². The van der Waals surface area contributed by atoms with E-state index in [1.165, 1.54) is 24.5 Å². The van der Waals surface area contributed by atoms with E-state index in [0.29, 0.717) is 18.3 Å². The number of thiazole rings is 1. The van der Waals surface area contributed by atoms with Crippen LogP contribution >= 0.6 is 11.3 Å². The van der Waals surface area contributed by atoms with Gasteiger partial charge < -0.3 is 14.7 Å². The molecule has 6 rings (SSSR count). The van der Waals surface area contributed by atoms with E-state index in [2.05, 4.69) is 66.0 Å². The van der Waals surface area contributed by atoms with Crippen molar-refractivity contribution in [1.29, 1.82) is 0 Å². The van der Waals surface area contributed by atoms with E-state index in [0.717, 1.165) is 91.2 Å². The molecule has 0 radical (unpaired) electrons. The number of hydrogen-bond donors (Lipinski definition) is 1. The predicted molar refractivity (Wildman–Crippen MR) is 190 cm³/mol. The number of aliphatic hydroxyl groups is 1. The molecule has 0 bridgehead atoms. The molecule has 3 aliphatic rings. The second-order valence-electron chi connectivity index (χ2n) is 14.4. The summed E-state index contributed by atoms with van der Waals surface area (Å²) in [5, 5.41) is 11.6. The first-order valence-electron chi connectivity index (χ1n) is 17.4.